The van der Waals surface area contributed by atoms with Crippen molar-refractivity contribution in [1.82, 2.24) is 10.6 Å². The summed E-state index contributed by atoms with van der Waals surface area (Å²) in [6, 6.07) is 13.5. The lowest BCUT2D eigenvalue weighted by Gasteiger charge is -2.34. The van der Waals surface area contributed by atoms with Gasteiger partial charge >= 0.3 is 6.18 Å². The summed E-state index contributed by atoms with van der Waals surface area (Å²) < 4.78 is 44.3. The first kappa shape index (κ1) is 23.7. The normalized spacial score (nSPS) is 18.2. The van der Waals surface area contributed by atoms with Gasteiger partial charge in [-0.05, 0) is 93.1 Å². The van der Waals surface area contributed by atoms with Gasteiger partial charge in [0.05, 0.1) is 5.56 Å². The molecule has 0 bridgehead atoms. The van der Waals surface area contributed by atoms with Gasteiger partial charge < -0.3 is 20.0 Å². The van der Waals surface area contributed by atoms with Crippen molar-refractivity contribution < 1.29 is 22.4 Å². The fourth-order valence-electron chi connectivity index (χ4n) is 5.13. The molecule has 3 aromatic rings. The fraction of sp³-hybridized carbons (Fsp3) is 0.444. The van der Waals surface area contributed by atoms with Gasteiger partial charge in [-0.2, -0.15) is 13.2 Å². The van der Waals surface area contributed by atoms with E-state index < -0.39 is 11.7 Å². The summed E-state index contributed by atoms with van der Waals surface area (Å²) in [6.07, 6.45) is 0.399. The number of piperidine rings is 2. The average Bonchev–Trinajstić information content (AvgIpc) is 3.29. The lowest BCUT2D eigenvalue weighted by atomic mass is 9.89. The minimum absolute atomic E-state index is 0.162. The van der Waals surface area contributed by atoms with Crippen LogP contribution in [0.2, 0.25) is 0 Å². The first-order valence-electron chi connectivity index (χ1n) is 12.3. The van der Waals surface area contributed by atoms with E-state index in [0.717, 1.165) is 87.1 Å². The molecule has 0 aliphatic carbocycles. The van der Waals surface area contributed by atoms with Crippen molar-refractivity contribution in [1.29, 1.82) is 0 Å². The highest BCUT2D eigenvalue weighted by molar-refractivity contribution is 5.96. The summed E-state index contributed by atoms with van der Waals surface area (Å²) in [5, 5.41) is 7.28. The van der Waals surface area contributed by atoms with Crippen LogP contribution >= 0.6 is 0 Å². The van der Waals surface area contributed by atoms with E-state index in [2.05, 4.69) is 21.6 Å². The molecule has 186 valence electrons. The number of anilines is 1. The quantitative estimate of drug-likeness (QED) is 0.509. The van der Waals surface area contributed by atoms with Crippen molar-refractivity contribution in [2.45, 2.75) is 44.3 Å². The Morgan fingerprint density at radius 2 is 1.71 bits per heavy atom. The Bertz CT molecular complexity index is 1160. The van der Waals surface area contributed by atoms with Gasteiger partial charge in [0.15, 0.2) is 5.76 Å². The Morgan fingerprint density at radius 1 is 1.00 bits per heavy atom. The van der Waals surface area contributed by atoms with Crippen LogP contribution in [0.3, 0.4) is 0 Å². The molecule has 5 rings (SSSR count). The zero-order valence-electron chi connectivity index (χ0n) is 19.5. The molecule has 0 spiro atoms. The van der Waals surface area contributed by atoms with Crippen molar-refractivity contribution in [2.24, 2.45) is 5.92 Å². The number of rotatable bonds is 5. The number of carbonyl (C=O) groups is 1. The maximum Gasteiger partial charge on any atom is 0.416 e. The standard InChI is InChI=1S/C27H30F3N3O2/c28-27(29,30)21-3-5-23(6-4-21)33-13-9-18(10-14-33)15-19-1-2-20-17-25(35-24(20)16-19)26(34)32-22-7-11-31-12-8-22/h1-6,16-18,22,31H,7-15H2,(H,32,34). The third-order valence-electron chi connectivity index (χ3n) is 7.18. The maximum atomic E-state index is 12.8. The molecular formula is C27H30F3N3O2. The lowest BCUT2D eigenvalue weighted by molar-refractivity contribution is -0.137. The molecule has 2 fully saturated rings. The number of hydrogen-bond donors (Lipinski definition) is 2. The number of carbonyl (C=O) groups excluding carboxylic acids is 1. The number of nitrogens with one attached hydrogen (secondary N) is 2. The second-order valence-electron chi connectivity index (χ2n) is 9.66. The van der Waals surface area contributed by atoms with Gasteiger partial charge in [0.25, 0.3) is 5.91 Å². The highest BCUT2D eigenvalue weighted by Gasteiger charge is 2.30. The zero-order chi connectivity index (χ0) is 24.4. The summed E-state index contributed by atoms with van der Waals surface area (Å²) in [5.41, 5.74) is 2.12. The topological polar surface area (TPSA) is 57.5 Å². The minimum atomic E-state index is -4.31. The van der Waals surface area contributed by atoms with Gasteiger partial charge in [-0.15, -0.1) is 0 Å². The maximum absolute atomic E-state index is 12.8. The lowest BCUT2D eigenvalue weighted by Crippen LogP contribution is -2.42. The molecule has 2 saturated heterocycles. The Labute approximate surface area is 202 Å². The molecular weight excluding hydrogens is 455 g/mol. The van der Waals surface area contributed by atoms with E-state index >= 15 is 0 Å². The molecule has 1 aromatic heterocycles. The molecule has 1 amide bonds. The van der Waals surface area contributed by atoms with Gasteiger partial charge in [0.1, 0.15) is 5.58 Å². The van der Waals surface area contributed by atoms with E-state index in [0.29, 0.717) is 11.7 Å². The molecule has 8 heteroatoms. The minimum Gasteiger partial charge on any atom is -0.451 e. The number of fused-ring (bicyclic) bond motifs is 1. The average molecular weight is 486 g/mol. The second-order valence-corrected chi connectivity index (χ2v) is 9.66. The number of alkyl halides is 3. The number of hydrogen-bond acceptors (Lipinski definition) is 4. The van der Waals surface area contributed by atoms with E-state index in [1.54, 1.807) is 18.2 Å². The molecule has 5 nitrogen and oxygen atoms in total. The summed E-state index contributed by atoms with van der Waals surface area (Å²) in [4.78, 5) is 14.8. The second kappa shape index (κ2) is 9.93. The van der Waals surface area contributed by atoms with E-state index in [-0.39, 0.29) is 11.9 Å². The number of amides is 1. The molecule has 2 aliphatic heterocycles. The summed E-state index contributed by atoms with van der Waals surface area (Å²) >= 11 is 0. The molecule has 0 saturated carbocycles. The van der Waals surface area contributed by atoms with Crippen LogP contribution in [0.1, 0.15) is 47.4 Å². The predicted octanol–water partition coefficient (Wildman–Crippen LogP) is 5.39. The fourth-order valence-corrected chi connectivity index (χ4v) is 5.13. The predicted molar refractivity (Wildman–Crippen MR) is 130 cm³/mol. The van der Waals surface area contributed by atoms with Crippen molar-refractivity contribution >= 4 is 22.6 Å². The molecule has 2 N–H and O–H groups in total. The van der Waals surface area contributed by atoms with Gasteiger partial charge in [-0.3, -0.25) is 4.79 Å². The monoisotopic (exact) mass is 485 g/mol. The van der Waals surface area contributed by atoms with Crippen LogP contribution in [0.25, 0.3) is 11.0 Å². The Kier molecular flexibility index (Phi) is 6.73. The number of halogens is 3. The van der Waals surface area contributed by atoms with E-state index in [1.165, 1.54) is 5.56 Å². The van der Waals surface area contributed by atoms with Crippen LogP contribution in [0.4, 0.5) is 18.9 Å². The first-order valence-corrected chi connectivity index (χ1v) is 12.3. The number of benzene rings is 2. The van der Waals surface area contributed by atoms with Crippen LogP contribution in [0.15, 0.2) is 52.9 Å². The van der Waals surface area contributed by atoms with E-state index in [9.17, 15) is 18.0 Å². The van der Waals surface area contributed by atoms with Crippen LogP contribution in [-0.2, 0) is 12.6 Å². The van der Waals surface area contributed by atoms with Crippen LogP contribution in [-0.4, -0.2) is 38.1 Å². The van der Waals surface area contributed by atoms with Gasteiger partial charge in [0.2, 0.25) is 0 Å². The summed E-state index contributed by atoms with van der Waals surface area (Å²) in [5.74, 6) is 0.682. The number of furan rings is 1. The van der Waals surface area contributed by atoms with Crippen molar-refractivity contribution in [3.63, 3.8) is 0 Å². The highest BCUT2D eigenvalue weighted by Crippen LogP contribution is 2.32. The van der Waals surface area contributed by atoms with Crippen LogP contribution in [0.5, 0.6) is 0 Å². The SMILES string of the molecule is O=C(NC1CCNCC1)c1cc2ccc(CC3CCN(c4ccc(C(F)(F)F)cc4)CC3)cc2o1. The number of nitrogens with zero attached hydrogens (tertiary/aromatic N) is 1. The van der Waals surface area contributed by atoms with Crippen molar-refractivity contribution in [3.8, 4) is 0 Å². The molecule has 0 unspecified atom stereocenters. The van der Waals surface area contributed by atoms with Crippen molar-refractivity contribution in [2.75, 3.05) is 31.1 Å². The van der Waals surface area contributed by atoms with Crippen LogP contribution < -0.4 is 15.5 Å². The van der Waals surface area contributed by atoms with Gasteiger partial charge in [-0.25, -0.2) is 0 Å². The van der Waals surface area contributed by atoms with Gasteiger partial charge in [0, 0.05) is 30.2 Å². The molecule has 2 aromatic carbocycles. The van der Waals surface area contributed by atoms with Gasteiger partial charge in [-0.1, -0.05) is 12.1 Å². The Balaban J connectivity index is 1.17. The summed E-state index contributed by atoms with van der Waals surface area (Å²) in [6.45, 7) is 3.47. The highest BCUT2D eigenvalue weighted by atomic mass is 19.4. The Hall–Kier alpha value is -3.00. The summed E-state index contributed by atoms with van der Waals surface area (Å²) in [7, 11) is 0. The van der Waals surface area contributed by atoms with E-state index in [1.807, 2.05) is 12.1 Å². The van der Waals surface area contributed by atoms with E-state index in [4.69, 9.17) is 4.42 Å². The Morgan fingerprint density at radius 3 is 2.40 bits per heavy atom. The van der Waals surface area contributed by atoms with Crippen molar-refractivity contribution in [3.05, 3.63) is 65.4 Å². The smallest absolute Gasteiger partial charge is 0.416 e. The van der Waals surface area contributed by atoms with Crippen LogP contribution in [0, 0.1) is 5.92 Å². The molecule has 35 heavy (non-hydrogen) atoms. The molecule has 0 radical (unpaired) electrons. The third kappa shape index (κ3) is 5.64. The molecule has 3 heterocycles. The first-order chi connectivity index (χ1) is 16.8. The third-order valence-corrected chi connectivity index (χ3v) is 7.18. The molecule has 0 atom stereocenters. The molecule has 2 aliphatic rings. The largest absolute Gasteiger partial charge is 0.451 e. The zero-order valence-corrected chi connectivity index (χ0v) is 19.5.